The SMILES string of the molecule is CC[C@@H](OC(C)=O)[C@@H](OC(C)=O)C1O[C@](C)(O[C@@H]2C(OC(=O)c3ccccc3)C(OC(=Nc3ccccc3)C(F)(F)F)OC(COC(=O)c3ccccc3)[C@H]2OC(=O)c2ccccc2)C[C@@H](OC(C)=O)C1C. The topological polar surface area (TPSA) is 207 Å². The monoisotopic (exact) mass is 1010 g/mol. The van der Waals surface area contributed by atoms with Gasteiger partial charge in [-0.25, -0.2) is 19.4 Å². The number of esters is 6. The molecule has 72 heavy (non-hydrogen) atoms. The van der Waals surface area contributed by atoms with Crippen LogP contribution in [0.2, 0.25) is 0 Å². The van der Waals surface area contributed by atoms with Crippen LogP contribution in [0.1, 0.15) is 85.5 Å². The Balaban J connectivity index is 1.56. The van der Waals surface area contributed by atoms with Gasteiger partial charge in [-0.2, -0.15) is 13.2 Å². The van der Waals surface area contributed by atoms with Crippen molar-refractivity contribution in [2.45, 2.75) is 121 Å². The van der Waals surface area contributed by atoms with Gasteiger partial charge in [0.25, 0.3) is 5.90 Å². The summed E-state index contributed by atoms with van der Waals surface area (Å²) in [6.07, 6.45) is -20.9. The minimum absolute atomic E-state index is 0.0222. The molecule has 0 N–H and O–H groups in total. The van der Waals surface area contributed by atoms with E-state index in [1.54, 1.807) is 50.2 Å². The van der Waals surface area contributed by atoms with Crippen LogP contribution in [0, 0.1) is 5.92 Å². The fraction of sp³-hybridized carbons (Fsp3) is 0.404. The Morgan fingerprint density at radius 1 is 0.667 bits per heavy atom. The second kappa shape index (κ2) is 24.3. The molecule has 11 atom stereocenters. The molecule has 2 aliphatic heterocycles. The molecular weight excluding hydrogens is 952 g/mol. The maximum atomic E-state index is 15.2. The summed E-state index contributed by atoms with van der Waals surface area (Å²) in [5, 5.41) is 0. The van der Waals surface area contributed by atoms with Gasteiger partial charge in [0.1, 0.15) is 37.1 Å². The Labute approximate surface area is 412 Å². The van der Waals surface area contributed by atoms with E-state index in [9.17, 15) is 28.8 Å². The van der Waals surface area contributed by atoms with Gasteiger partial charge in [0.2, 0.25) is 6.29 Å². The number of hydrogen-bond acceptors (Lipinski definition) is 17. The van der Waals surface area contributed by atoms with Gasteiger partial charge >= 0.3 is 42.0 Å². The minimum Gasteiger partial charge on any atom is -0.462 e. The van der Waals surface area contributed by atoms with E-state index < -0.39 is 121 Å². The average Bonchev–Trinajstić information content (AvgIpc) is 3.35. The number of para-hydroxylation sites is 1. The quantitative estimate of drug-likeness (QED) is 0.0424. The van der Waals surface area contributed by atoms with Crippen LogP contribution < -0.4 is 0 Å². The third-order valence-corrected chi connectivity index (χ3v) is 11.4. The molecular formula is C52H54F3NO16. The van der Waals surface area contributed by atoms with Gasteiger partial charge in [-0.15, -0.1) is 0 Å². The summed E-state index contributed by atoms with van der Waals surface area (Å²) in [6, 6.07) is 29.4. The van der Waals surface area contributed by atoms with Gasteiger partial charge in [0, 0.05) is 33.1 Å². The molecule has 2 heterocycles. The first-order valence-electron chi connectivity index (χ1n) is 22.9. The van der Waals surface area contributed by atoms with Crippen molar-refractivity contribution in [1.82, 2.24) is 0 Å². The van der Waals surface area contributed by atoms with E-state index in [-0.39, 0.29) is 35.2 Å². The summed E-state index contributed by atoms with van der Waals surface area (Å²) in [6.45, 7) is 7.16. The molecule has 17 nitrogen and oxygen atoms in total. The zero-order chi connectivity index (χ0) is 52.2. The highest BCUT2D eigenvalue weighted by atomic mass is 19.4. The van der Waals surface area contributed by atoms with Crippen molar-refractivity contribution < 1.29 is 89.3 Å². The molecule has 2 aliphatic rings. The number of carbonyl (C=O) groups excluding carboxylic acids is 6. The van der Waals surface area contributed by atoms with Crippen LogP contribution in [0.15, 0.2) is 126 Å². The Kier molecular flexibility index (Phi) is 18.3. The van der Waals surface area contributed by atoms with Gasteiger partial charge in [-0.1, -0.05) is 86.6 Å². The zero-order valence-corrected chi connectivity index (χ0v) is 40.1. The summed E-state index contributed by atoms with van der Waals surface area (Å²) >= 11 is 0. The molecule has 5 unspecified atom stereocenters. The van der Waals surface area contributed by atoms with E-state index in [0.29, 0.717) is 0 Å². The first-order valence-corrected chi connectivity index (χ1v) is 22.9. The molecule has 2 fully saturated rings. The van der Waals surface area contributed by atoms with Crippen molar-refractivity contribution in [3.63, 3.8) is 0 Å². The van der Waals surface area contributed by atoms with Crippen LogP contribution in [0.3, 0.4) is 0 Å². The number of hydrogen-bond donors (Lipinski definition) is 0. The molecule has 20 heteroatoms. The highest BCUT2D eigenvalue weighted by molar-refractivity contribution is 5.91. The lowest BCUT2D eigenvalue weighted by molar-refractivity contribution is -0.371. The van der Waals surface area contributed by atoms with E-state index in [0.717, 1.165) is 20.8 Å². The van der Waals surface area contributed by atoms with Crippen molar-refractivity contribution in [3.05, 3.63) is 138 Å². The average molecular weight is 1010 g/mol. The molecule has 4 aromatic carbocycles. The molecule has 6 rings (SSSR count). The van der Waals surface area contributed by atoms with Gasteiger partial charge in [-0.05, 0) is 61.9 Å². The summed E-state index contributed by atoms with van der Waals surface area (Å²) in [5.41, 5.74) is -0.247. The maximum Gasteiger partial charge on any atom is 0.468 e. The van der Waals surface area contributed by atoms with Gasteiger partial charge < -0.3 is 47.4 Å². The van der Waals surface area contributed by atoms with Gasteiger partial charge in [0.05, 0.1) is 22.4 Å². The van der Waals surface area contributed by atoms with Crippen molar-refractivity contribution in [2.75, 3.05) is 6.61 Å². The first-order chi connectivity index (χ1) is 34.2. The number of halogens is 3. The van der Waals surface area contributed by atoms with E-state index in [4.69, 9.17) is 47.4 Å². The van der Waals surface area contributed by atoms with E-state index >= 15 is 13.2 Å². The fourth-order valence-corrected chi connectivity index (χ4v) is 8.18. The third kappa shape index (κ3) is 14.5. The number of aliphatic imine (C=N–C) groups is 1. The van der Waals surface area contributed by atoms with Crippen LogP contribution in [0.4, 0.5) is 18.9 Å². The van der Waals surface area contributed by atoms with Crippen LogP contribution >= 0.6 is 0 Å². The Morgan fingerprint density at radius 3 is 1.65 bits per heavy atom. The predicted molar refractivity (Wildman–Crippen MR) is 246 cm³/mol. The summed E-state index contributed by atoms with van der Waals surface area (Å²) in [4.78, 5) is 83.5. The van der Waals surface area contributed by atoms with Crippen LogP contribution in [0.5, 0.6) is 0 Å². The molecule has 0 amide bonds. The molecule has 0 spiro atoms. The predicted octanol–water partition coefficient (Wildman–Crippen LogP) is 8.06. The minimum atomic E-state index is -5.34. The Hall–Kier alpha value is -7.16. The summed E-state index contributed by atoms with van der Waals surface area (Å²) in [7, 11) is 0. The van der Waals surface area contributed by atoms with Gasteiger partial charge in [-0.3, -0.25) is 14.4 Å². The molecule has 0 bridgehead atoms. The standard InChI is InChI=1S/C52H54F3NO16/c1-7-38(64-31(3)57)42(66-33(5)59)41-30(2)39(65-32(4)58)28-51(6,71-41)72-44-43(68-47(61)35-22-14-9-15-23-35)40(29-63-46(60)34-20-12-8-13-21-34)67-49(45(44)69-48(62)36-24-16-10-17-25-36)70-50(52(53,54)55)56-37-26-18-11-19-27-37/h8-27,30,38-45,49H,7,28-29H2,1-6H3/t30?,38-,39-,40?,41?,42-,43-,44+,45?,49?,51-/m1/s1. The van der Waals surface area contributed by atoms with Crippen molar-refractivity contribution >= 4 is 47.4 Å². The maximum absolute atomic E-state index is 15.2. The number of nitrogens with zero attached hydrogens (tertiary/aromatic N) is 1. The summed E-state index contributed by atoms with van der Waals surface area (Å²) in [5.74, 6) is -10.3. The van der Waals surface area contributed by atoms with E-state index in [2.05, 4.69) is 4.99 Å². The molecule has 0 radical (unpaired) electrons. The fourth-order valence-electron chi connectivity index (χ4n) is 8.18. The third-order valence-electron chi connectivity index (χ3n) is 11.4. The van der Waals surface area contributed by atoms with Crippen molar-refractivity contribution in [1.29, 1.82) is 0 Å². The van der Waals surface area contributed by atoms with Crippen LogP contribution in [-0.4, -0.2) is 115 Å². The lowest BCUT2D eigenvalue weighted by Gasteiger charge is -2.51. The molecule has 0 aromatic heterocycles. The zero-order valence-electron chi connectivity index (χ0n) is 40.1. The summed E-state index contributed by atoms with van der Waals surface area (Å²) < 4.78 is 106. The van der Waals surface area contributed by atoms with E-state index in [1.807, 2.05) is 0 Å². The van der Waals surface area contributed by atoms with E-state index in [1.165, 1.54) is 91.9 Å². The number of ether oxygens (including phenoxy) is 10. The molecule has 384 valence electrons. The second-order valence-electron chi connectivity index (χ2n) is 17.0. The highest BCUT2D eigenvalue weighted by Crippen LogP contribution is 2.43. The lowest BCUT2D eigenvalue weighted by atomic mass is 9.84. The number of carbonyl (C=O) groups is 6. The molecule has 0 aliphatic carbocycles. The van der Waals surface area contributed by atoms with Gasteiger partial charge in [0.15, 0.2) is 24.1 Å². The van der Waals surface area contributed by atoms with Crippen molar-refractivity contribution in [2.24, 2.45) is 10.9 Å². The normalized spacial score (nSPS) is 25.1. The number of benzene rings is 4. The Bertz CT molecular complexity index is 2520. The molecule has 0 saturated carbocycles. The molecule has 4 aromatic rings. The van der Waals surface area contributed by atoms with Crippen LogP contribution in [-0.2, 0) is 61.8 Å². The lowest BCUT2D eigenvalue weighted by Crippen LogP contribution is -2.66. The second-order valence-corrected chi connectivity index (χ2v) is 17.0. The van der Waals surface area contributed by atoms with Crippen LogP contribution in [0.25, 0.3) is 0 Å². The first kappa shape index (κ1) is 54.2. The number of alkyl halides is 3. The smallest absolute Gasteiger partial charge is 0.462 e. The van der Waals surface area contributed by atoms with Crippen molar-refractivity contribution in [3.8, 4) is 0 Å². The number of rotatable bonds is 17. The highest BCUT2D eigenvalue weighted by Gasteiger charge is 2.59. The molecule has 2 saturated heterocycles. The largest absolute Gasteiger partial charge is 0.468 e. The Morgan fingerprint density at radius 2 is 1.17 bits per heavy atom.